The highest BCUT2D eigenvalue weighted by Gasteiger charge is 2.29. The minimum Gasteiger partial charge on any atom is -0.478 e. The Balaban J connectivity index is 1.85. The summed E-state index contributed by atoms with van der Waals surface area (Å²) in [6.07, 6.45) is 2.53. The maximum atomic E-state index is 12.7. The third-order valence-electron chi connectivity index (χ3n) is 3.94. The van der Waals surface area contributed by atoms with Crippen molar-refractivity contribution in [1.29, 1.82) is 0 Å². The maximum Gasteiger partial charge on any atom is 0.338 e. The zero-order chi connectivity index (χ0) is 18.9. The SMILES string of the molecule is O=C(O)c1coc(C(=O)Nc2ccc(Cl)c(S(=O)(=O)N3CCCC3)c2)c1. The molecule has 1 aliphatic rings. The fraction of sp³-hybridized carbons (Fsp3) is 0.250. The average molecular weight is 399 g/mol. The van der Waals surface area contributed by atoms with Gasteiger partial charge in [-0.15, -0.1) is 0 Å². The number of nitrogens with zero attached hydrogens (tertiary/aromatic N) is 1. The van der Waals surface area contributed by atoms with Crippen LogP contribution in [0.4, 0.5) is 5.69 Å². The van der Waals surface area contributed by atoms with E-state index in [0.717, 1.165) is 25.2 Å². The number of halogens is 1. The van der Waals surface area contributed by atoms with E-state index in [-0.39, 0.29) is 26.9 Å². The molecule has 8 nitrogen and oxygen atoms in total. The fourth-order valence-electron chi connectivity index (χ4n) is 2.61. The number of sulfonamides is 1. The number of aromatic carboxylic acids is 1. The summed E-state index contributed by atoms with van der Waals surface area (Å²) in [5.74, 6) is -2.14. The number of rotatable bonds is 5. The standard InChI is InChI=1S/C16H15ClN2O6S/c17-12-4-3-11(8-14(12)26(23,24)19-5-1-2-6-19)18-15(20)13-7-10(9-25-13)16(21)22/h3-4,7-9H,1-2,5-6H2,(H,18,20)(H,21,22). The van der Waals surface area contributed by atoms with Crippen LogP contribution >= 0.6 is 11.6 Å². The summed E-state index contributed by atoms with van der Waals surface area (Å²) >= 11 is 6.05. The molecular weight excluding hydrogens is 384 g/mol. The molecule has 0 spiro atoms. The Kier molecular flexibility index (Phi) is 5.03. The summed E-state index contributed by atoms with van der Waals surface area (Å²) < 4.78 is 31.6. The molecule has 1 aromatic carbocycles. The van der Waals surface area contributed by atoms with Crippen LogP contribution in [0.25, 0.3) is 0 Å². The average Bonchev–Trinajstić information content (AvgIpc) is 3.28. The zero-order valence-electron chi connectivity index (χ0n) is 13.4. The van der Waals surface area contributed by atoms with E-state index in [1.165, 1.54) is 22.5 Å². The predicted molar refractivity (Wildman–Crippen MR) is 93.1 cm³/mol. The lowest BCUT2D eigenvalue weighted by Gasteiger charge is -2.17. The van der Waals surface area contributed by atoms with E-state index >= 15 is 0 Å². The van der Waals surface area contributed by atoms with Crippen LogP contribution in [0.2, 0.25) is 5.02 Å². The lowest BCUT2D eigenvalue weighted by atomic mass is 10.3. The highest BCUT2D eigenvalue weighted by molar-refractivity contribution is 7.89. The van der Waals surface area contributed by atoms with Gasteiger partial charge >= 0.3 is 5.97 Å². The topological polar surface area (TPSA) is 117 Å². The molecule has 0 unspecified atom stereocenters. The van der Waals surface area contributed by atoms with Crippen LogP contribution in [-0.2, 0) is 10.0 Å². The summed E-state index contributed by atoms with van der Waals surface area (Å²) in [5, 5.41) is 11.4. The van der Waals surface area contributed by atoms with Gasteiger partial charge in [-0.1, -0.05) is 11.6 Å². The van der Waals surface area contributed by atoms with Crippen molar-refractivity contribution < 1.29 is 27.5 Å². The number of carboxylic acid groups (broad SMARTS) is 1. The normalized spacial score (nSPS) is 15.1. The van der Waals surface area contributed by atoms with Crippen molar-refractivity contribution in [2.45, 2.75) is 17.7 Å². The van der Waals surface area contributed by atoms with Crippen molar-refractivity contribution in [2.75, 3.05) is 18.4 Å². The van der Waals surface area contributed by atoms with Gasteiger partial charge < -0.3 is 14.8 Å². The Morgan fingerprint density at radius 2 is 1.88 bits per heavy atom. The van der Waals surface area contributed by atoms with Gasteiger partial charge in [0.2, 0.25) is 10.0 Å². The van der Waals surface area contributed by atoms with E-state index < -0.39 is 21.9 Å². The first-order valence-electron chi connectivity index (χ1n) is 7.72. The summed E-state index contributed by atoms with van der Waals surface area (Å²) in [4.78, 5) is 22.9. The second-order valence-electron chi connectivity index (χ2n) is 5.72. The molecule has 10 heteroatoms. The number of nitrogens with one attached hydrogen (secondary N) is 1. The Morgan fingerprint density at radius 1 is 1.19 bits per heavy atom. The van der Waals surface area contributed by atoms with Gasteiger partial charge in [0.1, 0.15) is 11.2 Å². The molecule has 0 saturated carbocycles. The number of furan rings is 1. The van der Waals surface area contributed by atoms with Crippen LogP contribution in [0.15, 0.2) is 39.8 Å². The Bertz CT molecular complexity index is 963. The first-order valence-corrected chi connectivity index (χ1v) is 9.54. The lowest BCUT2D eigenvalue weighted by Crippen LogP contribution is -2.28. The molecule has 1 aliphatic heterocycles. The van der Waals surface area contributed by atoms with Crippen LogP contribution in [-0.4, -0.2) is 42.8 Å². The smallest absolute Gasteiger partial charge is 0.338 e. The van der Waals surface area contributed by atoms with Crippen molar-refractivity contribution in [1.82, 2.24) is 4.31 Å². The van der Waals surface area contributed by atoms with Gasteiger partial charge in [-0.2, -0.15) is 4.31 Å². The molecule has 2 heterocycles. The molecule has 26 heavy (non-hydrogen) atoms. The first kappa shape index (κ1) is 18.4. The lowest BCUT2D eigenvalue weighted by molar-refractivity contribution is 0.0696. The molecule has 0 atom stereocenters. The Hall–Kier alpha value is -2.36. The number of carbonyl (C=O) groups excluding carboxylic acids is 1. The Labute approximate surface area is 154 Å². The van der Waals surface area contributed by atoms with E-state index in [1.807, 2.05) is 0 Å². The van der Waals surface area contributed by atoms with Crippen LogP contribution in [0.3, 0.4) is 0 Å². The van der Waals surface area contributed by atoms with E-state index in [2.05, 4.69) is 5.32 Å². The number of carbonyl (C=O) groups is 2. The van der Waals surface area contributed by atoms with Crippen molar-refractivity contribution >= 4 is 39.2 Å². The minimum atomic E-state index is -3.75. The number of carboxylic acids is 1. The quantitative estimate of drug-likeness (QED) is 0.799. The van der Waals surface area contributed by atoms with Gasteiger partial charge in [-0.05, 0) is 31.0 Å². The summed E-state index contributed by atoms with van der Waals surface area (Å²) in [7, 11) is -3.75. The highest BCUT2D eigenvalue weighted by atomic mass is 35.5. The summed E-state index contributed by atoms with van der Waals surface area (Å²) in [6.45, 7) is 0.860. The largest absolute Gasteiger partial charge is 0.478 e. The molecule has 2 N–H and O–H groups in total. The molecule has 2 aromatic rings. The van der Waals surface area contributed by atoms with E-state index in [4.69, 9.17) is 21.1 Å². The molecule has 1 saturated heterocycles. The van der Waals surface area contributed by atoms with Crippen molar-refractivity contribution in [3.8, 4) is 0 Å². The van der Waals surface area contributed by atoms with Crippen molar-refractivity contribution in [2.24, 2.45) is 0 Å². The van der Waals surface area contributed by atoms with Gasteiger partial charge in [0.25, 0.3) is 5.91 Å². The van der Waals surface area contributed by atoms with Crippen LogP contribution < -0.4 is 5.32 Å². The van der Waals surface area contributed by atoms with Crippen LogP contribution in [0.1, 0.15) is 33.8 Å². The molecule has 1 aromatic heterocycles. The van der Waals surface area contributed by atoms with Gasteiger partial charge in [0.05, 0.1) is 10.6 Å². The molecular formula is C16H15ClN2O6S. The highest BCUT2D eigenvalue weighted by Crippen LogP contribution is 2.29. The fourth-order valence-corrected chi connectivity index (χ4v) is 4.62. The summed E-state index contributed by atoms with van der Waals surface area (Å²) in [5.41, 5.74) is 0.0361. The number of anilines is 1. The van der Waals surface area contributed by atoms with Gasteiger partial charge in [-0.3, -0.25) is 4.79 Å². The minimum absolute atomic E-state index is 0.0565. The van der Waals surface area contributed by atoms with Gasteiger partial charge in [-0.25, -0.2) is 13.2 Å². The van der Waals surface area contributed by atoms with Crippen molar-refractivity contribution in [3.05, 3.63) is 46.9 Å². The predicted octanol–water partition coefficient (Wildman–Crippen LogP) is 2.67. The van der Waals surface area contributed by atoms with Gasteiger partial charge in [0, 0.05) is 24.8 Å². The van der Waals surface area contributed by atoms with E-state index in [1.54, 1.807) is 0 Å². The van der Waals surface area contributed by atoms with Crippen molar-refractivity contribution in [3.63, 3.8) is 0 Å². The second kappa shape index (κ2) is 7.10. The Morgan fingerprint density at radius 3 is 2.50 bits per heavy atom. The number of amides is 1. The van der Waals surface area contributed by atoms with E-state index in [0.29, 0.717) is 13.1 Å². The molecule has 3 rings (SSSR count). The number of benzene rings is 1. The molecule has 1 amide bonds. The molecule has 138 valence electrons. The second-order valence-corrected chi connectivity index (χ2v) is 8.03. The molecule has 0 radical (unpaired) electrons. The molecule has 0 bridgehead atoms. The monoisotopic (exact) mass is 398 g/mol. The van der Waals surface area contributed by atoms with Gasteiger partial charge in [0.15, 0.2) is 5.76 Å². The number of hydrogen-bond acceptors (Lipinski definition) is 5. The third kappa shape index (κ3) is 3.59. The van der Waals surface area contributed by atoms with Crippen LogP contribution in [0, 0.1) is 0 Å². The third-order valence-corrected chi connectivity index (χ3v) is 6.32. The van der Waals surface area contributed by atoms with E-state index in [9.17, 15) is 18.0 Å². The summed E-state index contributed by atoms with van der Waals surface area (Å²) in [6, 6.07) is 5.18. The first-order chi connectivity index (χ1) is 12.3. The molecule has 0 aliphatic carbocycles. The van der Waals surface area contributed by atoms with Crippen LogP contribution in [0.5, 0.6) is 0 Å². The zero-order valence-corrected chi connectivity index (χ0v) is 15.0. The maximum absolute atomic E-state index is 12.7. The molecule has 1 fully saturated rings. The number of hydrogen-bond donors (Lipinski definition) is 2.